The van der Waals surface area contributed by atoms with E-state index in [0.29, 0.717) is 5.56 Å². The maximum Gasteiger partial charge on any atom is 0.254 e. The van der Waals surface area contributed by atoms with Crippen LogP contribution in [0.1, 0.15) is 20.7 Å². The summed E-state index contributed by atoms with van der Waals surface area (Å²) in [5.74, 6) is -1.32. The lowest BCUT2D eigenvalue weighted by Crippen LogP contribution is -2.35. The van der Waals surface area contributed by atoms with E-state index in [4.69, 9.17) is 0 Å². The molecule has 4 nitrogen and oxygen atoms in total. The van der Waals surface area contributed by atoms with Crippen LogP contribution >= 0.6 is 0 Å². The number of halogens is 1. The van der Waals surface area contributed by atoms with Gasteiger partial charge in [-0.05, 0) is 35.4 Å². The Morgan fingerprint density at radius 2 is 1.30 bits per heavy atom. The molecule has 0 aliphatic rings. The van der Waals surface area contributed by atoms with E-state index < -0.39 is 11.7 Å². The number of hydrogen-bond acceptors (Lipinski definition) is 2. The van der Waals surface area contributed by atoms with E-state index in [2.05, 4.69) is 10.6 Å². The van der Waals surface area contributed by atoms with Gasteiger partial charge in [0, 0.05) is 18.7 Å². The molecule has 0 radical (unpaired) electrons. The van der Waals surface area contributed by atoms with Gasteiger partial charge in [-0.1, -0.05) is 54.6 Å². The lowest BCUT2D eigenvalue weighted by molar-refractivity contribution is 0.0925. The molecular formula is C22H19FN2O2. The van der Waals surface area contributed by atoms with E-state index in [1.807, 2.05) is 36.4 Å². The number of carbonyl (C=O) groups is 2. The van der Waals surface area contributed by atoms with Crippen molar-refractivity contribution in [3.63, 3.8) is 0 Å². The summed E-state index contributed by atoms with van der Waals surface area (Å²) in [6, 6.07) is 22.7. The van der Waals surface area contributed by atoms with Crippen LogP contribution in [0.2, 0.25) is 0 Å². The molecule has 136 valence electrons. The fourth-order valence-electron chi connectivity index (χ4n) is 2.65. The molecule has 0 atom stereocenters. The van der Waals surface area contributed by atoms with Gasteiger partial charge in [0.1, 0.15) is 5.82 Å². The topological polar surface area (TPSA) is 58.2 Å². The van der Waals surface area contributed by atoms with Gasteiger partial charge in [0.2, 0.25) is 0 Å². The first-order valence-electron chi connectivity index (χ1n) is 8.61. The SMILES string of the molecule is O=C(NCCNC(=O)c1cc(-c2ccccc2)ccc1F)c1ccccc1. The van der Waals surface area contributed by atoms with Crippen LogP contribution in [0, 0.1) is 5.82 Å². The molecule has 27 heavy (non-hydrogen) atoms. The molecule has 0 saturated heterocycles. The van der Waals surface area contributed by atoms with Gasteiger partial charge in [-0.3, -0.25) is 9.59 Å². The summed E-state index contributed by atoms with van der Waals surface area (Å²) in [5, 5.41) is 5.34. The highest BCUT2D eigenvalue weighted by atomic mass is 19.1. The van der Waals surface area contributed by atoms with E-state index in [-0.39, 0.29) is 24.6 Å². The highest BCUT2D eigenvalue weighted by molar-refractivity contribution is 5.96. The fraction of sp³-hybridized carbons (Fsp3) is 0.0909. The van der Waals surface area contributed by atoms with Gasteiger partial charge in [0.15, 0.2) is 0 Å². The van der Waals surface area contributed by atoms with Gasteiger partial charge in [0.25, 0.3) is 11.8 Å². The van der Waals surface area contributed by atoms with Gasteiger partial charge >= 0.3 is 0 Å². The molecule has 0 aromatic heterocycles. The molecule has 0 aliphatic carbocycles. The standard InChI is InChI=1S/C22H19FN2O2/c23-20-12-11-18(16-7-3-1-4-8-16)15-19(20)22(27)25-14-13-24-21(26)17-9-5-2-6-10-17/h1-12,15H,13-14H2,(H,24,26)(H,25,27). The number of nitrogens with one attached hydrogen (secondary N) is 2. The molecule has 0 unspecified atom stereocenters. The zero-order valence-corrected chi connectivity index (χ0v) is 14.6. The van der Waals surface area contributed by atoms with Crippen LogP contribution in [0.15, 0.2) is 78.9 Å². The van der Waals surface area contributed by atoms with Crippen molar-refractivity contribution in [2.45, 2.75) is 0 Å². The molecule has 0 fully saturated rings. The Kier molecular flexibility index (Phi) is 5.94. The summed E-state index contributed by atoms with van der Waals surface area (Å²) in [5.41, 5.74) is 2.19. The van der Waals surface area contributed by atoms with Gasteiger partial charge in [0.05, 0.1) is 5.56 Å². The van der Waals surface area contributed by atoms with Crippen molar-refractivity contribution < 1.29 is 14.0 Å². The molecule has 3 aromatic carbocycles. The molecule has 0 aliphatic heterocycles. The molecule has 5 heteroatoms. The van der Waals surface area contributed by atoms with E-state index in [9.17, 15) is 14.0 Å². The van der Waals surface area contributed by atoms with Crippen molar-refractivity contribution in [1.82, 2.24) is 10.6 Å². The summed E-state index contributed by atoms with van der Waals surface area (Å²) in [6.07, 6.45) is 0. The fourth-order valence-corrected chi connectivity index (χ4v) is 2.65. The van der Waals surface area contributed by atoms with Crippen LogP contribution in [0.25, 0.3) is 11.1 Å². The molecule has 0 bridgehead atoms. The minimum atomic E-state index is -0.583. The number of carbonyl (C=O) groups excluding carboxylic acids is 2. The molecule has 0 spiro atoms. The van der Waals surface area contributed by atoms with Crippen LogP contribution in [0.3, 0.4) is 0 Å². The second-order valence-corrected chi connectivity index (χ2v) is 5.94. The molecule has 2 amide bonds. The summed E-state index contributed by atoms with van der Waals surface area (Å²) in [6.45, 7) is 0.450. The second-order valence-electron chi connectivity index (χ2n) is 5.94. The van der Waals surface area contributed by atoms with Crippen molar-refractivity contribution in [2.24, 2.45) is 0 Å². The molecule has 2 N–H and O–H groups in total. The predicted octanol–water partition coefficient (Wildman–Crippen LogP) is 3.65. The van der Waals surface area contributed by atoms with Gasteiger partial charge in [-0.25, -0.2) is 4.39 Å². The van der Waals surface area contributed by atoms with Crippen molar-refractivity contribution in [3.05, 3.63) is 95.8 Å². The first kappa shape index (κ1) is 18.3. The summed E-state index contributed by atoms with van der Waals surface area (Å²) < 4.78 is 14.1. The van der Waals surface area contributed by atoms with Gasteiger partial charge in [-0.15, -0.1) is 0 Å². The Morgan fingerprint density at radius 3 is 1.96 bits per heavy atom. The largest absolute Gasteiger partial charge is 0.350 e. The first-order valence-corrected chi connectivity index (χ1v) is 8.61. The monoisotopic (exact) mass is 362 g/mol. The highest BCUT2D eigenvalue weighted by Crippen LogP contribution is 2.21. The van der Waals surface area contributed by atoms with Crippen LogP contribution in [0.5, 0.6) is 0 Å². The molecule has 0 saturated carbocycles. The Morgan fingerprint density at radius 1 is 0.704 bits per heavy atom. The third-order valence-electron chi connectivity index (χ3n) is 4.05. The summed E-state index contributed by atoms with van der Waals surface area (Å²) >= 11 is 0. The van der Waals surface area contributed by atoms with Crippen molar-refractivity contribution in [1.29, 1.82) is 0 Å². The zero-order valence-electron chi connectivity index (χ0n) is 14.6. The minimum absolute atomic E-state index is 0.0225. The van der Waals surface area contributed by atoms with Gasteiger partial charge < -0.3 is 10.6 Å². The second kappa shape index (κ2) is 8.76. The average molecular weight is 362 g/mol. The lowest BCUT2D eigenvalue weighted by Gasteiger charge is -2.09. The van der Waals surface area contributed by atoms with E-state index >= 15 is 0 Å². The minimum Gasteiger partial charge on any atom is -0.350 e. The maximum atomic E-state index is 14.1. The number of amides is 2. The number of benzene rings is 3. The summed E-state index contributed by atoms with van der Waals surface area (Å²) in [4.78, 5) is 24.2. The molecule has 3 aromatic rings. The Balaban J connectivity index is 1.57. The first-order chi connectivity index (χ1) is 13.1. The maximum absolute atomic E-state index is 14.1. The lowest BCUT2D eigenvalue weighted by atomic mass is 10.0. The quantitative estimate of drug-likeness (QED) is 0.658. The van der Waals surface area contributed by atoms with E-state index in [0.717, 1.165) is 11.1 Å². The van der Waals surface area contributed by atoms with Crippen LogP contribution in [-0.4, -0.2) is 24.9 Å². The third-order valence-corrected chi connectivity index (χ3v) is 4.05. The predicted molar refractivity (Wildman–Crippen MR) is 103 cm³/mol. The molecular weight excluding hydrogens is 343 g/mol. The van der Waals surface area contributed by atoms with Crippen LogP contribution in [-0.2, 0) is 0 Å². The summed E-state index contributed by atoms with van der Waals surface area (Å²) in [7, 11) is 0. The van der Waals surface area contributed by atoms with E-state index in [1.54, 1.807) is 30.3 Å². The Hall–Kier alpha value is -3.47. The van der Waals surface area contributed by atoms with Gasteiger partial charge in [-0.2, -0.15) is 0 Å². The Bertz CT molecular complexity index is 928. The van der Waals surface area contributed by atoms with E-state index in [1.165, 1.54) is 12.1 Å². The van der Waals surface area contributed by atoms with Crippen LogP contribution < -0.4 is 10.6 Å². The molecule has 0 heterocycles. The van der Waals surface area contributed by atoms with Crippen molar-refractivity contribution >= 4 is 11.8 Å². The smallest absolute Gasteiger partial charge is 0.254 e. The van der Waals surface area contributed by atoms with Crippen molar-refractivity contribution in [2.75, 3.05) is 13.1 Å². The molecule has 3 rings (SSSR count). The van der Waals surface area contributed by atoms with Crippen molar-refractivity contribution in [3.8, 4) is 11.1 Å². The number of hydrogen-bond donors (Lipinski definition) is 2. The van der Waals surface area contributed by atoms with Crippen LogP contribution in [0.4, 0.5) is 4.39 Å². The average Bonchev–Trinajstić information content (AvgIpc) is 2.72. The number of rotatable bonds is 6. The normalized spacial score (nSPS) is 10.3. The third kappa shape index (κ3) is 4.79. The zero-order chi connectivity index (χ0) is 19.1. The highest BCUT2D eigenvalue weighted by Gasteiger charge is 2.13. The Labute approximate surface area is 157 Å².